The van der Waals surface area contributed by atoms with Crippen molar-refractivity contribution in [1.29, 1.82) is 0 Å². The number of carbonyl (C=O) groups excluding carboxylic acids is 1. The summed E-state index contributed by atoms with van der Waals surface area (Å²) in [4.78, 5) is 12.1. The third kappa shape index (κ3) is 3.80. The van der Waals surface area contributed by atoms with E-state index in [2.05, 4.69) is 53.0 Å². The van der Waals surface area contributed by atoms with Gasteiger partial charge in [-0.1, -0.05) is 36.0 Å². The zero-order chi connectivity index (χ0) is 17.1. The van der Waals surface area contributed by atoms with E-state index in [-0.39, 0.29) is 11.9 Å². The summed E-state index contributed by atoms with van der Waals surface area (Å²) in [6.07, 6.45) is 2.47. The molecule has 0 radical (unpaired) electrons. The maximum absolute atomic E-state index is 12.1. The highest BCUT2D eigenvalue weighted by Gasteiger charge is 2.28. The molecule has 1 N–H and O–H groups in total. The summed E-state index contributed by atoms with van der Waals surface area (Å²) in [7, 11) is 0. The van der Waals surface area contributed by atoms with Crippen LogP contribution in [0.25, 0.3) is 11.4 Å². The fourth-order valence-corrected chi connectivity index (χ4v) is 3.66. The Kier molecular flexibility index (Phi) is 5.23. The molecule has 0 bridgehead atoms. The summed E-state index contributed by atoms with van der Waals surface area (Å²) in [5.74, 6) is 1.99. The summed E-state index contributed by atoms with van der Waals surface area (Å²) in [6.45, 7) is 7.01. The van der Waals surface area contributed by atoms with Gasteiger partial charge in [-0.25, -0.2) is 0 Å². The molecular formula is C18H24N4OS. The summed E-state index contributed by atoms with van der Waals surface area (Å²) in [6, 6.07) is 8.45. The molecule has 0 unspecified atom stereocenters. The van der Waals surface area contributed by atoms with Crippen LogP contribution in [-0.4, -0.2) is 32.5 Å². The van der Waals surface area contributed by atoms with Crippen molar-refractivity contribution in [2.75, 3.05) is 5.75 Å². The first-order valence-electron chi connectivity index (χ1n) is 8.51. The van der Waals surface area contributed by atoms with Gasteiger partial charge in [0.25, 0.3) is 0 Å². The number of nitrogens with one attached hydrogen (secondary N) is 1. The number of aryl methyl sites for hydroxylation is 1. The van der Waals surface area contributed by atoms with Crippen LogP contribution in [0.5, 0.6) is 0 Å². The predicted octanol–water partition coefficient (Wildman–Crippen LogP) is 3.28. The van der Waals surface area contributed by atoms with Crippen LogP contribution in [0, 0.1) is 12.8 Å². The lowest BCUT2D eigenvalue weighted by Gasteiger charge is -2.12. The minimum absolute atomic E-state index is 0.0718. The molecule has 0 spiro atoms. The summed E-state index contributed by atoms with van der Waals surface area (Å²) in [5, 5.41) is 12.5. The topological polar surface area (TPSA) is 59.8 Å². The highest BCUT2D eigenvalue weighted by Crippen LogP contribution is 2.32. The highest BCUT2D eigenvalue weighted by molar-refractivity contribution is 7.99. The van der Waals surface area contributed by atoms with E-state index in [1.165, 1.54) is 30.2 Å². The Morgan fingerprint density at radius 1 is 1.38 bits per heavy atom. The molecular weight excluding hydrogens is 320 g/mol. The van der Waals surface area contributed by atoms with E-state index in [9.17, 15) is 4.79 Å². The van der Waals surface area contributed by atoms with Crippen LogP contribution in [-0.2, 0) is 11.3 Å². The lowest BCUT2D eigenvalue weighted by atomic mass is 10.1. The Balaban J connectivity index is 1.68. The lowest BCUT2D eigenvalue weighted by Crippen LogP contribution is -2.35. The van der Waals surface area contributed by atoms with Gasteiger partial charge in [-0.05, 0) is 45.1 Å². The van der Waals surface area contributed by atoms with Crippen molar-refractivity contribution < 1.29 is 4.79 Å². The number of nitrogens with zero attached hydrogens (tertiary/aromatic N) is 3. The number of benzene rings is 1. The van der Waals surface area contributed by atoms with Crippen LogP contribution in [0.15, 0.2) is 29.4 Å². The number of amides is 1. The summed E-state index contributed by atoms with van der Waals surface area (Å²) >= 11 is 1.45. The minimum Gasteiger partial charge on any atom is -0.353 e. The number of hydrogen-bond donors (Lipinski definition) is 1. The lowest BCUT2D eigenvalue weighted by molar-refractivity contribution is -0.119. The molecule has 1 fully saturated rings. The van der Waals surface area contributed by atoms with Gasteiger partial charge < -0.3 is 9.88 Å². The van der Waals surface area contributed by atoms with E-state index < -0.39 is 0 Å². The third-order valence-corrected chi connectivity index (χ3v) is 5.44. The number of aromatic nitrogens is 3. The quantitative estimate of drug-likeness (QED) is 0.783. The van der Waals surface area contributed by atoms with Gasteiger partial charge in [-0.15, -0.1) is 10.2 Å². The molecule has 128 valence electrons. The van der Waals surface area contributed by atoms with Gasteiger partial charge in [0.2, 0.25) is 5.91 Å². The molecule has 0 aliphatic heterocycles. The van der Waals surface area contributed by atoms with Gasteiger partial charge >= 0.3 is 0 Å². The molecule has 1 amide bonds. The smallest absolute Gasteiger partial charge is 0.230 e. The molecule has 1 atom stereocenters. The van der Waals surface area contributed by atoms with Gasteiger partial charge in [-0.3, -0.25) is 4.79 Å². The number of rotatable bonds is 7. The number of hydrogen-bond acceptors (Lipinski definition) is 4. The van der Waals surface area contributed by atoms with Gasteiger partial charge in [0.05, 0.1) is 5.75 Å². The predicted molar refractivity (Wildman–Crippen MR) is 96.9 cm³/mol. The Bertz CT molecular complexity index is 724. The minimum atomic E-state index is 0.0718. The standard InChI is InChI=1S/C18H24N4OS/c1-4-22-17(15-8-6-5-7-12(15)2)20-21-18(22)24-11-16(23)19-13(3)14-9-10-14/h5-8,13-14H,4,9-11H2,1-3H3,(H,19,23)/t13-/m0/s1. The Labute approximate surface area is 147 Å². The van der Waals surface area contributed by atoms with Gasteiger partial charge in [0.1, 0.15) is 0 Å². The molecule has 2 aromatic rings. The number of thioether (sulfide) groups is 1. The maximum Gasteiger partial charge on any atom is 0.230 e. The normalized spacial score (nSPS) is 15.3. The summed E-state index contributed by atoms with van der Waals surface area (Å²) in [5.41, 5.74) is 2.26. The summed E-state index contributed by atoms with van der Waals surface area (Å²) < 4.78 is 2.07. The van der Waals surface area contributed by atoms with Crippen molar-refractivity contribution in [1.82, 2.24) is 20.1 Å². The molecule has 6 heteroatoms. The third-order valence-electron chi connectivity index (χ3n) is 4.47. The zero-order valence-electron chi connectivity index (χ0n) is 14.5. The second-order valence-electron chi connectivity index (χ2n) is 6.35. The monoisotopic (exact) mass is 344 g/mol. The second kappa shape index (κ2) is 7.38. The van der Waals surface area contributed by atoms with E-state index in [0.717, 1.165) is 23.1 Å². The van der Waals surface area contributed by atoms with E-state index in [1.54, 1.807) is 0 Å². The van der Waals surface area contributed by atoms with Crippen LogP contribution in [0.1, 0.15) is 32.3 Å². The average Bonchev–Trinajstić information content (AvgIpc) is 3.34. The SMILES string of the molecule is CCn1c(SCC(=O)N[C@@H](C)C2CC2)nnc1-c1ccccc1C. The van der Waals surface area contributed by atoms with E-state index in [4.69, 9.17) is 0 Å². The van der Waals surface area contributed by atoms with Crippen molar-refractivity contribution in [3.05, 3.63) is 29.8 Å². The molecule has 1 saturated carbocycles. The van der Waals surface area contributed by atoms with Gasteiger partial charge in [-0.2, -0.15) is 0 Å². The van der Waals surface area contributed by atoms with E-state index >= 15 is 0 Å². The zero-order valence-corrected chi connectivity index (χ0v) is 15.3. The van der Waals surface area contributed by atoms with Gasteiger partial charge in [0.15, 0.2) is 11.0 Å². The molecule has 24 heavy (non-hydrogen) atoms. The highest BCUT2D eigenvalue weighted by atomic mass is 32.2. The van der Waals surface area contributed by atoms with Crippen LogP contribution in [0.2, 0.25) is 0 Å². The first-order valence-corrected chi connectivity index (χ1v) is 9.50. The van der Waals surface area contributed by atoms with Crippen molar-refractivity contribution in [2.24, 2.45) is 5.92 Å². The van der Waals surface area contributed by atoms with Crippen molar-refractivity contribution in [3.63, 3.8) is 0 Å². The molecule has 1 aliphatic rings. The van der Waals surface area contributed by atoms with Crippen molar-refractivity contribution >= 4 is 17.7 Å². The van der Waals surface area contributed by atoms with E-state index in [1.807, 2.05) is 12.1 Å². The Hall–Kier alpha value is -1.82. The molecule has 1 aliphatic carbocycles. The fraction of sp³-hybridized carbons (Fsp3) is 0.500. The molecule has 1 aromatic heterocycles. The Morgan fingerprint density at radius 3 is 2.79 bits per heavy atom. The molecule has 3 rings (SSSR count). The fourth-order valence-electron chi connectivity index (χ4n) is 2.84. The second-order valence-corrected chi connectivity index (χ2v) is 7.29. The first kappa shape index (κ1) is 17.0. The number of carbonyl (C=O) groups is 1. The van der Waals surface area contributed by atoms with Gasteiger partial charge in [0, 0.05) is 18.2 Å². The first-order chi connectivity index (χ1) is 11.6. The van der Waals surface area contributed by atoms with Crippen LogP contribution in [0.3, 0.4) is 0 Å². The van der Waals surface area contributed by atoms with Crippen molar-refractivity contribution in [2.45, 2.75) is 51.4 Å². The van der Waals surface area contributed by atoms with E-state index in [0.29, 0.717) is 11.7 Å². The molecule has 5 nitrogen and oxygen atoms in total. The van der Waals surface area contributed by atoms with Crippen LogP contribution >= 0.6 is 11.8 Å². The van der Waals surface area contributed by atoms with Crippen molar-refractivity contribution in [3.8, 4) is 11.4 Å². The Morgan fingerprint density at radius 2 is 2.12 bits per heavy atom. The molecule has 0 saturated heterocycles. The molecule has 1 aromatic carbocycles. The average molecular weight is 344 g/mol. The maximum atomic E-state index is 12.1. The largest absolute Gasteiger partial charge is 0.353 e. The molecule has 1 heterocycles. The van der Waals surface area contributed by atoms with Crippen LogP contribution < -0.4 is 5.32 Å². The van der Waals surface area contributed by atoms with Crippen LogP contribution in [0.4, 0.5) is 0 Å².